The lowest BCUT2D eigenvalue weighted by Gasteiger charge is -2.58. The molecular weight excluding hydrogens is 943 g/mol. The summed E-state index contributed by atoms with van der Waals surface area (Å²) in [6, 6.07) is 26.3. The summed E-state index contributed by atoms with van der Waals surface area (Å²) in [5.41, 5.74) is -2.31. The standard InChI is InChI=1S/C49H57ClF3N5O6S3/c1-47(2)20-18-44(42(31-47)35-8-12-37(50)13-9-35)58-33-48(34-58)21-24-57(25-22-48)39-14-10-36(11-15-39)46(59)55-67(62,63)41-16-17-43(45(30-41)66(60,61)49(51,52)53)54-38(19-23-56-26-28-64-29-27-56)32-65-40-6-4-3-5-7-40/h3-17,30-31,38,44,54H,18-29,32-34H2,1-2H3,(H,55,59). The van der Waals surface area contributed by atoms with E-state index in [-0.39, 0.29) is 16.4 Å². The van der Waals surface area contributed by atoms with Crippen molar-refractivity contribution in [3.8, 4) is 0 Å². The number of halogens is 4. The number of benzene rings is 4. The predicted octanol–water partition coefficient (Wildman–Crippen LogP) is 9.22. The van der Waals surface area contributed by atoms with E-state index in [1.807, 2.05) is 47.2 Å². The summed E-state index contributed by atoms with van der Waals surface area (Å²) < 4.78 is 103. The van der Waals surface area contributed by atoms with E-state index in [2.05, 4.69) is 52.1 Å². The van der Waals surface area contributed by atoms with Crippen LogP contribution in [0.1, 0.15) is 61.9 Å². The first kappa shape index (κ1) is 49.3. The molecule has 3 fully saturated rings. The van der Waals surface area contributed by atoms with Crippen molar-refractivity contribution in [2.75, 3.05) is 75.0 Å². The SMILES string of the molecule is CC1(C)C=C(c2ccc(Cl)cc2)C(N2CC3(CCN(c4ccc(C(=O)NS(=O)(=O)c5ccc(NC(CCN6CCOCC6)CSc6ccccc6)c(S(=O)(=O)C(F)(F)F)c5)cc4)CC3)C2)CC1. The minimum absolute atomic E-state index is 0.0103. The average Bonchev–Trinajstić information content (AvgIpc) is 3.29. The first-order valence-corrected chi connectivity index (χ1v) is 27.0. The maximum Gasteiger partial charge on any atom is 0.501 e. The van der Waals surface area contributed by atoms with Gasteiger partial charge >= 0.3 is 5.51 Å². The number of nitrogens with zero attached hydrogens (tertiary/aromatic N) is 3. The van der Waals surface area contributed by atoms with Crippen LogP contribution in [0, 0.1) is 10.8 Å². The van der Waals surface area contributed by atoms with Gasteiger partial charge in [-0.3, -0.25) is 14.6 Å². The largest absolute Gasteiger partial charge is 0.501 e. The molecule has 18 heteroatoms. The number of hydrogen-bond donors (Lipinski definition) is 2. The van der Waals surface area contributed by atoms with Crippen LogP contribution < -0.4 is 14.9 Å². The Morgan fingerprint density at radius 2 is 1.55 bits per heavy atom. The average molecular weight is 1000 g/mol. The second-order valence-corrected chi connectivity index (χ2v) is 24.0. The Morgan fingerprint density at radius 3 is 2.21 bits per heavy atom. The van der Waals surface area contributed by atoms with Crippen LogP contribution in [0.2, 0.25) is 5.02 Å². The highest BCUT2D eigenvalue weighted by Gasteiger charge is 2.50. The van der Waals surface area contributed by atoms with E-state index < -0.39 is 52.8 Å². The van der Waals surface area contributed by atoms with E-state index in [9.17, 15) is 34.8 Å². The first-order chi connectivity index (χ1) is 31.8. The highest BCUT2D eigenvalue weighted by atomic mass is 35.5. The van der Waals surface area contributed by atoms with Gasteiger partial charge in [-0.15, -0.1) is 11.8 Å². The molecule has 4 aromatic rings. The molecule has 0 aromatic heterocycles. The molecule has 8 rings (SSSR count). The summed E-state index contributed by atoms with van der Waals surface area (Å²) in [5.74, 6) is -0.642. The second-order valence-electron chi connectivity index (χ2n) is 18.8. The lowest BCUT2D eigenvalue weighted by molar-refractivity contribution is -0.0436. The number of alkyl halides is 3. The normalized spacial score (nSPS) is 20.7. The quantitative estimate of drug-likeness (QED) is 0.111. The molecule has 0 radical (unpaired) electrons. The van der Waals surface area contributed by atoms with Crippen LogP contribution in [0.25, 0.3) is 5.57 Å². The molecule has 360 valence electrons. The Hall–Kier alpha value is -4.10. The van der Waals surface area contributed by atoms with Gasteiger partial charge in [-0.05, 0) is 121 Å². The monoisotopic (exact) mass is 999 g/mol. The lowest BCUT2D eigenvalue weighted by atomic mass is 9.68. The first-order valence-electron chi connectivity index (χ1n) is 22.6. The van der Waals surface area contributed by atoms with Crippen molar-refractivity contribution >= 4 is 66.1 Å². The fourth-order valence-corrected chi connectivity index (χ4v) is 12.8. The molecule has 1 spiro atoms. The number of sulfone groups is 1. The molecule has 67 heavy (non-hydrogen) atoms. The highest BCUT2D eigenvalue weighted by Crippen LogP contribution is 2.48. The van der Waals surface area contributed by atoms with Crippen LogP contribution in [0.5, 0.6) is 0 Å². The minimum Gasteiger partial charge on any atom is -0.380 e. The number of thioether (sulfide) groups is 1. The van der Waals surface area contributed by atoms with Crippen LogP contribution in [0.15, 0.2) is 118 Å². The zero-order valence-electron chi connectivity index (χ0n) is 37.6. The van der Waals surface area contributed by atoms with Crippen molar-refractivity contribution in [2.24, 2.45) is 10.8 Å². The summed E-state index contributed by atoms with van der Waals surface area (Å²) in [7, 11) is -10.9. The molecule has 1 amide bonds. The van der Waals surface area contributed by atoms with Gasteiger partial charge in [0.2, 0.25) is 0 Å². The summed E-state index contributed by atoms with van der Waals surface area (Å²) in [6.07, 6.45) is 7.11. The number of carbonyl (C=O) groups is 1. The molecular formula is C49H57ClF3N5O6S3. The fourth-order valence-electron chi connectivity index (χ4n) is 9.64. The van der Waals surface area contributed by atoms with Crippen LogP contribution in [0.3, 0.4) is 0 Å². The number of carbonyl (C=O) groups excluding carboxylic acids is 1. The Balaban J connectivity index is 0.910. The molecule has 2 atom stereocenters. The van der Waals surface area contributed by atoms with Crippen LogP contribution in [-0.2, 0) is 24.6 Å². The number of sulfonamides is 1. The third-order valence-corrected chi connectivity index (χ3v) is 17.8. The van der Waals surface area contributed by atoms with Gasteiger partial charge in [0.1, 0.15) is 4.90 Å². The van der Waals surface area contributed by atoms with E-state index in [0.29, 0.717) is 57.1 Å². The number of piperidine rings is 1. The summed E-state index contributed by atoms with van der Waals surface area (Å²) in [6.45, 7) is 11.3. The van der Waals surface area contributed by atoms with E-state index in [4.69, 9.17) is 16.3 Å². The van der Waals surface area contributed by atoms with Crippen molar-refractivity contribution < 1.29 is 39.5 Å². The molecule has 4 aromatic carbocycles. The van der Waals surface area contributed by atoms with Gasteiger partial charge < -0.3 is 15.0 Å². The van der Waals surface area contributed by atoms with Crippen LogP contribution in [-0.4, -0.2) is 115 Å². The number of morpholine rings is 1. The molecule has 3 aliphatic heterocycles. The van der Waals surface area contributed by atoms with Crippen molar-refractivity contribution in [3.63, 3.8) is 0 Å². The van der Waals surface area contributed by atoms with Crippen LogP contribution >= 0.6 is 23.4 Å². The Kier molecular flexibility index (Phi) is 14.8. The number of ether oxygens (including phenoxy) is 1. The van der Waals surface area contributed by atoms with E-state index in [1.54, 1.807) is 12.1 Å². The van der Waals surface area contributed by atoms with E-state index >= 15 is 0 Å². The maximum atomic E-state index is 14.2. The maximum absolute atomic E-state index is 14.2. The lowest BCUT2D eigenvalue weighted by Crippen LogP contribution is -2.63. The summed E-state index contributed by atoms with van der Waals surface area (Å²) >= 11 is 7.67. The van der Waals surface area contributed by atoms with Gasteiger partial charge in [-0.25, -0.2) is 21.6 Å². The topological polar surface area (TPSA) is 128 Å². The smallest absolute Gasteiger partial charge is 0.380 e. The molecule has 3 heterocycles. The number of allylic oxidation sites excluding steroid dienone is 1. The van der Waals surface area contributed by atoms with E-state index in [1.165, 1.54) is 35.0 Å². The molecule has 4 aliphatic rings. The fraction of sp³-hybridized carbons (Fsp3) is 0.449. The number of hydrogen-bond acceptors (Lipinski definition) is 11. The Morgan fingerprint density at radius 1 is 0.881 bits per heavy atom. The predicted molar refractivity (Wildman–Crippen MR) is 259 cm³/mol. The molecule has 2 unspecified atom stereocenters. The molecule has 1 aliphatic carbocycles. The number of likely N-dealkylation sites (tertiary alicyclic amines) is 1. The Bertz CT molecular complexity index is 2630. The molecule has 0 saturated carbocycles. The van der Waals surface area contributed by atoms with Crippen molar-refractivity contribution in [1.82, 2.24) is 14.5 Å². The van der Waals surface area contributed by atoms with Crippen molar-refractivity contribution in [2.45, 2.75) is 78.2 Å². The van der Waals surface area contributed by atoms with Gasteiger partial charge in [0, 0.05) is 84.8 Å². The number of anilines is 2. The highest BCUT2D eigenvalue weighted by molar-refractivity contribution is 7.99. The van der Waals surface area contributed by atoms with Crippen molar-refractivity contribution in [1.29, 1.82) is 0 Å². The zero-order valence-corrected chi connectivity index (χ0v) is 40.8. The number of amides is 1. The van der Waals surface area contributed by atoms with Gasteiger partial charge in [0.25, 0.3) is 25.8 Å². The van der Waals surface area contributed by atoms with Gasteiger partial charge in [0.05, 0.1) is 23.8 Å². The molecule has 2 N–H and O–H groups in total. The van der Waals surface area contributed by atoms with Gasteiger partial charge in [-0.1, -0.05) is 61.9 Å². The molecule has 3 saturated heterocycles. The third-order valence-electron chi connectivity index (χ3n) is 13.5. The summed E-state index contributed by atoms with van der Waals surface area (Å²) in [5, 5.41) is 3.72. The Labute approximate surface area is 401 Å². The number of rotatable bonds is 15. The molecule has 0 bridgehead atoms. The number of nitrogens with one attached hydrogen (secondary N) is 2. The van der Waals surface area contributed by atoms with Crippen molar-refractivity contribution in [3.05, 3.63) is 119 Å². The van der Waals surface area contributed by atoms with Crippen LogP contribution in [0.4, 0.5) is 24.5 Å². The summed E-state index contributed by atoms with van der Waals surface area (Å²) in [4.78, 5) is 19.3. The minimum atomic E-state index is -6.05. The zero-order chi connectivity index (χ0) is 47.6. The third kappa shape index (κ3) is 11.7. The van der Waals surface area contributed by atoms with E-state index in [0.717, 1.165) is 79.6 Å². The second kappa shape index (κ2) is 20.1. The molecule has 11 nitrogen and oxygen atoms in total. The van der Waals surface area contributed by atoms with Gasteiger partial charge in [0.15, 0.2) is 0 Å². The van der Waals surface area contributed by atoms with Gasteiger partial charge in [-0.2, -0.15) is 13.2 Å².